The summed E-state index contributed by atoms with van der Waals surface area (Å²) in [6.07, 6.45) is 1.87. The molecule has 1 atom stereocenters. The Morgan fingerprint density at radius 2 is 2.35 bits per heavy atom. The fraction of sp³-hybridized carbons (Fsp3) is 0.455. The van der Waals surface area contributed by atoms with Gasteiger partial charge in [0.1, 0.15) is 0 Å². The van der Waals surface area contributed by atoms with E-state index in [0.29, 0.717) is 18.6 Å². The third-order valence-electron chi connectivity index (χ3n) is 2.27. The van der Waals surface area contributed by atoms with Crippen LogP contribution in [0.4, 0.5) is 0 Å². The second-order valence-corrected chi connectivity index (χ2v) is 3.58. The minimum absolute atomic E-state index is 0.154. The maximum absolute atomic E-state index is 11.7. The van der Waals surface area contributed by atoms with E-state index < -0.39 is 0 Å². The minimum Gasteiger partial charge on any atom is -0.394 e. The number of hydrogen-bond donors (Lipinski definition) is 3. The van der Waals surface area contributed by atoms with E-state index in [-0.39, 0.29) is 24.1 Å². The first-order valence-corrected chi connectivity index (χ1v) is 5.26. The highest BCUT2D eigenvalue weighted by atomic mass is 16.5. The van der Waals surface area contributed by atoms with Crippen LogP contribution in [0.5, 0.6) is 0 Å². The van der Waals surface area contributed by atoms with Gasteiger partial charge in [-0.25, -0.2) is 0 Å². The van der Waals surface area contributed by atoms with Crippen LogP contribution in [0.3, 0.4) is 0 Å². The van der Waals surface area contributed by atoms with Crippen LogP contribution in [0.15, 0.2) is 23.1 Å². The van der Waals surface area contributed by atoms with Gasteiger partial charge in [-0.1, -0.05) is 0 Å². The summed E-state index contributed by atoms with van der Waals surface area (Å²) >= 11 is 0. The predicted molar refractivity (Wildman–Crippen MR) is 61.9 cm³/mol. The SMILES string of the molecule is COCCC(CO)NC(=O)c1ccc(=O)[nH]c1. The Kier molecular flexibility index (Phi) is 5.38. The predicted octanol–water partition coefficient (Wildman–Crippen LogP) is -0.498. The largest absolute Gasteiger partial charge is 0.394 e. The number of nitrogens with one attached hydrogen (secondary N) is 2. The second kappa shape index (κ2) is 6.82. The quantitative estimate of drug-likeness (QED) is 0.625. The van der Waals surface area contributed by atoms with Crippen LogP contribution in [0.1, 0.15) is 16.8 Å². The number of aromatic amines is 1. The zero-order valence-corrected chi connectivity index (χ0v) is 9.60. The number of carbonyl (C=O) groups excluding carboxylic acids is 1. The van der Waals surface area contributed by atoms with Gasteiger partial charge in [-0.15, -0.1) is 0 Å². The number of ether oxygens (including phenoxy) is 1. The van der Waals surface area contributed by atoms with Gasteiger partial charge in [-0.3, -0.25) is 9.59 Å². The second-order valence-electron chi connectivity index (χ2n) is 3.58. The lowest BCUT2D eigenvalue weighted by atomic mass is 10.2. The maximum Gasteiger partial charge on any atom is 0.253 e. The van der Waals surface area contributed by atoms with Crippen molar-refractivity contribution in [3.63, 3.8) is 0 Å². The highest BCUT2D eigenvalue weighted by Crippen LogP contribution is 1.97. The van der Waals surface area contributed by atoms with E-state index in [4.69, 9.17) is 9.84 Å². The van der Waals surface area contributed by atoms with Crippen molar-refractivity contribution in [1.82, 2.24) is 10.3 Å². The molecule has 94 valence electrons. The summed E-state index contributed by atoms with van der Waals surface area (Å²) in [6, 6.07) is 2.35. The van der Waals surface area contributed by atoms with Crippen LogP contribution >= 0.6 is 0 Å². The van der Waals surface area contributed by atoms with Gasteiger partial charge >= 0.3 is 0 Å². The van der Waals surface area contributed by atoms with Crippen LogP contribution in [0, 0.1) is 0 Å². The molecule has 1 aromatic rings. The van der Waals surface area contributed by atoms with Gasteiger partial charge < -0.3 is 20.1 Å². The molecule has 0 saturated heterocycles. The molecule has 0 aliphatic carbocycles. The number of amides is 1. The monoisotopic (exact) mass is 240 g/mol. The van der Waals surface area contributed by atoms with Crippen molar-refractivity contribution in [3.8, 4) is 0 Å². The number of hydrogen-bond acceptors (Lipinski definition) is 4. The molecule has 0 saturated carbocycles. The first-order valence-electron chi connectivity index (χ1n) is 5.26. The van der Waals surface area contributed by atoms with Gasteiger partial charge in [-0.2, -0.15) is 0 Å². The maximum atomic E-state index is 11.7. The van der Waals surface area contributed by atoms with E-state index in [2.05, 4.69) is 10.3 Å². The van der Waals surface area contributed by atoms with Gasteiger partial charge in [0.2, 0.25) is 5.56 Å². The van der Waals surface area contributed by atoms with Crippen molar-refractivity contribution in [2.24, 2.45) is 0 Å². The van der Waals surface area contributed by atoms with Gasteiger partial charge in [0.05, 0.1) is 18.2 Å². The molecule has 6 nitrogen and oxygen atoms in total. The molecule has 1 heterocycles. The van der Waals surface area contributed by atoms with E-state index in [1.165, 1.54) is 18.3 Å². The summed E-state index contributed by atoms with van der Waals surface area (Å²) in [7, 11) is 1.55. The van der Waals surface area contributed by atoms with Crippen LogP contribution in [0.2, 0.25) is 0 Å². The Labute approximate surface area is 98.6 Å². The molecule has 3 N–H and O–H groups in total. The zero-order chi connectivity index (χ0) is 12.7. The number of rotatable bonds is 6. The lowest BCUT2D eigenvalue weighted by molar-refractivity contribution is 0.0894. The third kappa shape index (κ3) is 4.38. The van der Waals surface area contributed by atoms with Crippen LogP contribution < -0.4 is 10.9 Å². The van der Waals surface area contributed by atoms with E-state index in [0.717, 1.165) is 0 Å². The summed E-state index contributed by atoms with van der Waals surface area (Å²) < 4.78 is 4.87. The molecular weight excluding hydrogens is 224 g/mol. The Morgan fingerprint density at radius 1 is 1.59 bits per heavy atom. The molecule has 0 aliphatic rings. The van der Waals surface area contributed by atoms with E-state index in [1.807, 2.05) is 0 Å². The molecule has 17 heavy (non-hydrogen) atoms. The zero-order valence-electron chi connectivity index (χ0n) is 9.60. The molecule has 0 radical (unpaired) electrons. The van der Waals surface area contributed by atoms with Gasteiger partial charge in [0.25, 0.3) is 5.91 Å². The first kappa shape index (κ1) is 13.4. The van der Waals surface area contributed by atoms with E-state index in [1.54, 1.807) is 7.11 Å². The van der Waals surface area contributed by atoms with Crippen molar-refractivity contribution in [3.05, 3.63) is 34.2 Å². The lowest BCUT2D eigenvalue weighted by Crippen LogP contribution is -2.38. The van der Waals surface area contributed by atoms with Crippen LogP contribution in [0.25, 0.3) is 0 Å². The molecule has 1 amide bonds. The van der Waals surface area contributed by atoms with Crippen molar-refractivity contribution in [2.75, 3.05) is 20.3 Å². The number of aromatic nitrogens is 1. The van der Waals surface area contributed by atoms with Crippen molar-refractivity contribution >= 4 is 5.91 Å². The minimum atomic E-state index is -0.352. The molecule has 1 unspecified atom stereocenters. The Bertz CT molecular complexity index is 396. The Hall–Kier alpha value is -1.66. The van der Waals surface area contributed by atoms with Crippen molar-refractivity contribution in [1.29, 1.82) is 0 Å². The Balaban J connectivity index is 2.57. The summed E-state index contributed by atoms with van der Waals surface area (Å²) in [5.41, 5.74) is 0.0834. The fourth-order valence-electron chi connectivity index (χ4n) is 1.29. The molecule has 1 rings (SSSR count). The number of carbonyl (C=O) groups is 1. The van der Waals surface area contributed by atoms with Crippen molar-refractivity contribution in [2.45, 2.75) is 12.5 Å². The summed E-state index contributed by atoms with van der Waals surface area (Å²) in [5, 5.41) is 11.7. The normalized spacial score (nSPS) is 12.1. The lowest BCUT2D eigenvalue weighted by Gasteiger charge is -2.15. The van der Waals surface area contributed by atoms with E-state index in [9.17, 15) is 9.59 Å². The average Bonchev–Trinajstić information content (AvgIpc) is 2.35. The number of aliphatic hydroxyl groups is 1. The van der Waals surface area contributed by atoms with Crippen LogP contribution in [-0.4, -0.2) is 42.4 Å². The molecule has 0 aliphatic heterocycles. The van der Waals surface area contributed by atoms with Crippen molar-refractivity contribution < 1.29 is 14.6 Å². The molecule has 0 bridgehead atoms. The van der Waals surface area contributed by atoms with Crippen LogP contribution in [-0.2, 0) is 4.74 Å². The number of H-pyrrole nitrogens is 1. The standard InChI is InChI=1S/C11H16N2O4/c1-17-5-4-9(7-14)13-11(16)8-2-3-10(15)12-6-8/h2-3,6,9,14H,4-5,7H2,1H3,(H,12,15)(H,13,16). The number of pyridine rings is 1. The molecule has 6 heteroatoms. The van der Waals surface area contributed by atoms with Gasteiger partial charge in [-0.05, 0) is 12.5 Å². The third-order valence-corrected chi connectivity index (χ3v) is 2.27. The summed E-state index contributed by atoms with van der Waals surface area (Å²) in [5.74, 6) is -0.337. The first-order chi connectivity index (χ1) is 8.17. The highest BCUT2D eigenvalue weighted by molar-refractivity contribution is 5.93. The number of aliphatic hydroxyl groups excluding tert-OH is 1. The van der Waals surface area contributed by atoms with Gasteiger partial charge in [0, 0.05) is 26.0 Å². The molecule has 0 spiro atoms. The topological polar surface area (TPSA) is 91.4 Å². The molecule has 0 fully saturated rings. The highest BCUT2D eigenvalue weighted by Gasteiger charge is 2.12. The molecule has 1 aromatic heterocycles. The smallest absolute Gasteiger partial charge is 0.253 e. The number of methoxy groups -OCH3 is 1. The Morgan fingerprint density at radius 3 is 2.88 bits per heavy atom. The average molecular weight is 240 g/mol. The summed E-state index contributed by atoms with van der Waals surface area (Å²) in [6.45, 7) is 0.301. The fourth-order valence-corrected chi connectivity index (χ4v) is 1.29. The van der Waals surface area contributed by atoms with Gasteiger partial charge in [0.15, 0.2) is 0 Å². The molecular formula is C11H16N2O4. The van der Waals surface area contributed by atoms with E-state index >= 15 is 0 Å². The summed E-state index contributed by atoms with van der Waals surface area (Å²) in [4.78, 5) is 24.9. The molecule has 0 aromatic carbocycles.